The molecule has 0 aliphatic rings. The molecule has 38 heavy (non-hydrogen) atoms. The Morgan fingerprint density at radius 3 is 2.45 bits per heavy atom. The first-order valence-corrected chi connectivity index (χ1v) is 12.8. The first-order valence-electron chi connectivity index (χ1n) is 12.8. The van der Waals surface area contributed by atoms with Gasteiger partial charge < -0.3 is 0 Å². The minimum atomic E-state index is 0.970. The van der Waals surface area contributed by atoms with E-state index in [1.54, 1.807) is 6.08 Å². The van der Waals surface area contributed by atoms with Gasteiger partial charge in [-0.25, -0.2) is 4.98 Å². The fourth-order valence-corrected chi connectivity index (χ4v) is 5.47. The summed E-state index contributed by atoms with van der Waals surface area (Å²) in [6, 6.07) is 34.5. The zero-order valence-electron chi connectivity index (χ0n) is 21.1. The molecule has 0 aliphatic carbocycles. The largest absolute Gasteiger partial charge is 0.292 e. The lowest BCUT2D eigenvalue weighted by molar-refractivity contribution is 1.30. The van der Waals surface area contributed by atoms with Crippen LogP contribution in [0.15, 0.2) is 122 Å². The van der Waals surface area contributed by atoms with Crippen molar-refractivity contribution in [3.8, 4) is 22.3 Å². The van der Waals surface area contributed by atoms with E-state index in [1.165, 1.54) is 33.2 Å². The Morgan fingerprint density at radius 2 is 1.58 bits per heavy atom. The van der Waals surface area contributed by atoms with Crippen LogP contribution < -0.4 is 0 Å². The number of aryl methyl sites for hydroxylation is 1. The maximum Gasteiger partial charge on any atom is 0.138 e. The monoisotopic (exact) mass is 487 g/mol. The summed E-state index contributed by atoms with van der Waals surface area (Å²) in [5.74, 6) is 0. The predicted molar refractivity (Wildman–Crippen MR) is 160 cm³/mol. The number of hydrogen-bond donors (Lipinski definition) is 0. The fourth-order valence-electron chi connectivity index (χ4n) is 5.47. The molecule has 7 aromatic rings. The molecule has 0 bridgehead atoms. The summed E-state index contributed by atoms with van der Waals surface area (Å²) < 4.78 is 2.24. The van der Waals surface area contributed by atoms with E-state index in [2.05, 4.69) is 109 Å². The summed E-state index contributed by atoms with van der Waals surface area (Å²) in [4.78, 5) is 9.48. The van der Waals surface area contributed by atoms with Crippen molar-refractivity contribution < 1.29 is 0 Å². The van der Waals surface area contributed by atoms with E-state index in [1.807, 2.05) is 24.4 Å². The number of allylic oxidation sites excluding steroid dienone is 2. The normalized spacial score (nSPS) is 11.8. The number of imidazole rings is 1. The van der Waals surface area contributed by atoms with Crippen molar-refractivity contribution in [1.29, 1.82) is 0 Å². The van der Waals surface area contributed by atoms with Gasteiger partial charge in [0.1, 0.15) is 5.65 Å². The molecule has 3 heteroatoms. The van der Waals surface area contributed by atoms with Crippen LogP contribution in [0.2, 0.25) is 0 Å². The zero-order chi connectivity index (χ0) is 25.6. The molecule has 0 fully saturated rings. The van der Waals surface area contributed by atoms with E-state index >= 15 is 0 Å². The third-order valence-corrected chi connectivity index (χ3v) is 7.39. The van der Waals surface area contributed by atoms with Crippen LogP contribution in [0.1, 0.15) is 11.1 Å². The summed E-state index contributed by atoms with van der Waals surface area (Å²) in [5, 5.41) is 2.35. The molecule has 180 valence electrons. The highest BCUT2D eigenvalue weighted by molar-refractivity contribution is 5.99. The van der Waals surface area contributed by atoms with Gasteiger partial charge in [0.05, 0.1) is 22.1 Å². The summed E-state index contributed by atoms with van der Waals surface area (Å²) in [6.45, 7) is 5.95. The van der Waals surface area contributed by atoms with Gasteiger partial charge in [0, 0.05) is 11.6 Å². The lowest BCUT2D eigenvalue weighted by atomic mass is 9.93. The van der Waals surface area contributed by atoms with Crippen molar-refractivity contribution in [3.63, 3.8) is 0 Å². The van der Waals surface area contributed by atoms with Crippen LogP contribution in [0, 0.1) is 6.92 Å². The molecule has 0 saturated heterocycles. The number of nitrogens with zero attached hydrogens (tertiary/aromatic N) is 3. The molecule has 0 aliphatic heterocycles. The second kappa shape index (κ2) is 8.82. The van der Waals surface area contributed by atoms with Gasteiger partial charge in [-0.05, 0) is 94.2 Å². The highest BCUT2D eigenvalue weighted by Gasteiger charge is 2.12. The van der Waals surface area contributed by atoms with E-state index in [9.17, 15) is 0 Å². The number of aromatic nitrogens is 3. The Bertz CT molecular complexity index is 2040. The minimum absolute atomic E-state index is 0.970. The van der Waals surface area contributed by atoms with Crippen LogP contribution in [-0.2, 0) is 0 Å². The van der Waals surface area contributed by atoms with E-state index in [-0.39, 0.29) is 0 Å². The Labute approximate surface area is 221 Å². The van der Waals surface area contributed by atoms with Gasteiger partial charge >= 0.3 is 0 Å². The third kappa shape index (κ3) is 3.52. The average Bonchev–Trinajstić information content (AvgIpc) is 3.36. The molecular weight excluding hydrogens is 462 g/mol. The quantitative estimate of drug-likeness (QED) is 0.232. The molecule has 4 aromatic carbocycles. The standard InChI is InChI=1S/C35H25N3/c1-3-4-8-26-22-30(29-9-7-20-36-35(29)23(26)2)25-14-12-24(13-15-25)27-16-18-32-28(21-27)17-19-34-37-31-10-5-6-11-33(31)38(32)34/h3-22H,1H2,2H3/b8-4-. The average molecular weight is 488 g/mol. The minimum Gasteiger partial charge on any atom is -0.292 e. The van der Waals surface area contributed by atoms with Crippen molar-refractivity contribution in [2.75, 3.05) is 0 Å². The molecule has 0 unspecified atom stereocenters. The summed E-state index contributed by atoms with van der Waals surface area (Å²) in [6.07, 6.45) is 7.75. The second-order valence-corrected chi connectivity index (χ2v) is 9.61. The highest BCUT2D eigenvalue weighted by Crippen LogP contribution is 2.34. The molecular formula is C35H25N3. The second-order valence-electron chi connectivity index (χ2n) is 9.61. The molecule has 0 N–H and O–H groups in total. The van der Waals surface area contributed by atoms with Gasteiger partial charge in [0.15, 0.2) is 0 Å². The molecule has 3 heterocycles. The maximum absolute atomic E-state index is 4.78. The van der Waals surface area contributed by atoms with Crippen LogP contribution in [0.4, 0.5) is 0 Å². The topological polar surface area (TPSA) is 30.2 Å². The fraction of sp³-hybridized carbons (Fsp3) is 0.0286. The van der Waals surface area contributed by atoms with E-state index in [4.69, 9.17) is 9.97 Å². The van der Waals surface area contributed by atoms with Gasteiger partial charge in [-0.2, -0.15) is 0 Å². The molecule has 3 aromatic heterocycles. The molecule has 3 nitrogen and oxygen atoms in total. The van der Waals surface area contributed by atoms with Gasteiger partial charge in [-0.15, -0.1) is 0 Å². The lowest BCUT2D eigenvalue weighted by Crippen LogP contribution is -1.92. The molecule has 0 radical (unpaired) electrons. The van der Waals surface area contributed by atoms with Gasteiger partial charge in [0.25, 0.3) is 0 Å². The first-order chi connectivity index (χ1) is 18.7. The molecule has 0 spiro atoms. The predicted octanol–water partition coefficient (Wildman–Crippen LogP) is 9.03. The van der Waals surface area contributed by atoms with E-state index in [0.29, 0.717) is 0 Å². The molecule has 7 rings (SSSR count). The van der Waals surface area contributed by atoms with Crippen molar-refractivity contribution in [2.45, 2.75) is 6.92 Å². The number of rotatable bonds is 4. The van der Waals surface area contributed by atoms with Crippen molar-refractivity contribution in [3.05, 3.63) is 133 Å². The maximum atomic E-state index is 4.78. The first kappa shape index (κ1) is 22.2. The number of pyridine rings is 2. The molecule has 0 saturated carbocycles. The Kier molecular flexibility index (Phi) is 5.15. The number of fused-ring (bicyclic) bond motifs is 6. The third-order valence-electron chi connectivity index (χ3n) is 7.39. The SMILES string of the molecule is C=C/C=C\c1cc(-c2ccc(-c3ccc4c(ccc5nc6ccccc6n54)c3)cc2)c2cccnc2c1C. The van der Waals surface area contributed by atoms with Gasteiger partial charge in [-0.1, -0.05) is 73.3 Å². The Balaban J connectivity index is 1.32. The van der Waals surface area contributed by atoms with Crippen LogP contribution in [0.25, 0.3) is 66.8 Å². The smallest absolute Gasteiger partial charge is 0.138 e. The summed E-state index contributed by atoms with van der Waals surface area (Å²) >= 11 is 0. The van der Waals surface area contributed by atoms with Crippen molar-refractivity contribution in [2.24, 2.45) is 0 Å². The zero-order valence-corrected chi connectivity index (χ0v) is 21.1. The Morgan fingerprint density at radius 1 is 0.763 bits per heavy atom. The number of para-hydroxylation sites is 2. The van der Waals surface area contributed by atoms with Crippen LogP contribution in [0.3, 0.4) is 0 Å². The van der Waals surface area contributed by atoms with Gasteiger partial charge in [-0.3, -0.25) is 9.38 Å². The van der Waals surface area contributed by atoms with Crippen LogP contribution >= 0.6 is 0 Å². The van der Waals surface area contributed by atoms with E-state index in [0.717, 1.165) is 38.7 Å². The summed E-state index contributed by atoms with van der Waals surface area (Å²) in [5.41, 5.74) is 12.4. The Hall–Kier alpha value is -5.02. The molecule has 0 atom stereocenters. The van der Waals surface area contributed by atoms with Crippen LogP contribution in [0.5, 0.6) is 0 Å². The molecule has 0 amide bonds. The van der Waals surface area contributed by atoms with Crippen LogP contribution in [-0.4, -0.2) is 14.4 Å². The van der Waals surface area contributed by atoms with E-state index < -0.39 is 0 Å². The van der Waals surface area contributed by atoms with Crippen molar-refractivity contribution in [1.82, 2.24) is 14.4 Å². The van der Waals surface area contributed by atoms with Crippen molar-refractivity contribution >= 4 is 44.6 Å². The highest BCUT2D eigenvalue weighted by atomic mass is 15.0. The lowest BCUT2D eigenvalue weighted by Gasteiger charge is -2.13. The number of hydrogen-bond acceptors (Lipinski definition) is 2. The number of benzene rings is 4. The van der Waals surface area contributed by atoms with Gasteiger partial charge in [0.2, 0.25) is 0 Å². The summed E-state index contributed by atoms with van der Waals surface area (Å²) in [7, 11) is 0.